The first-order valence-corrected chi connectivity index (χ1v) is 10.8. The fourth-order valence-electron chi connectivity index (χ4n) is 3.36. The molecule has 0 spiro atoms. The number of rotatable bonds is 8. The van der Waals surface area contributed by atoms with E-state index in [1.807, 2.05) is 43.3 Å². The number of hydrazone groups is 1. The molecule has 32 heavy (non-hydrogen) atoms. The minimum absolute atomic E-state index is 0.316. The van der Waals surface area contributed by atoms with Crippen LogP contribution >= 0.6 is 0 Å². The van der Waals surface area contributed by atoms with Crippen LogP contribution in [0.1, 0.15) is 23.7 Å². The van der Waals surface area contributed by atoms with E-state index in [2.05, 4.69) is 49.4 Å². The van der Waals surface area contributed by atoms with Gasteiger partial charge >= 0.3 is 6.01 Å². The maximum atomic E-state index is 5.88. The summed E-state index contributed by atoms with van der Waals surface area (Å²) in [5.41, 5.74) is 7.17. The number of hydrogen-bond donors (Lipinski definition) is 1. The Labute approximate surface area is 188 Å². The molecule has 4 rings (SSSR count). The minimum atomic E-state index is 0.316. The molecule has 0 atom stereocenters. The van der Waals surface area contributed by atoms with Crippen LogP contribution in [0.25, 0.3) is 0 Å². The van der Waals surface area contributed by atoms with Crippen molar-refractivity contribution in [3.63, 3.8) is 0 Å². The van der Waals surface area contributed by atoms with E-state index >= 15 is 0 Å². The molecule has 166 valence electrons. The van der Waals surface area contributed by atoms with E-state index in [1.54, 1.807) is 6.20 Å². The van der Waals surface area contributed by atoms with Crippen LogP contribution in [0.4, 0.5) is 11.6 Å². The lowest BCUT2D eigenvalue weighted by atomic mass is 10.1. The van der Waals surface area contributed by atoms with Crippen LogP contribution < -0.4 is 15.1 Å². The number of hydrogen-bond acceptors (Lipinski definition) is 8. The van der Waals surface area contributed by atoms with Gasteiger partial charge < -0.3 is 14.4 Å². The van der Waals surface area contributed by atoms with Gasteiger partial charge in [-0.25, -0.2) is 0 Å². The standard InChI is InChI=1S/C24H28N6O2/c1-18-6-5-7-20(16-18)19(2)28-29-22-17-23(30-11-14-31-15-12-30)27-24(26-22)32-13-9-21-8-3-4-10-25-21/h3-8,10,16-17H,9,11-15H2,1-2H3,(H,26,27,29)/b28-19+. The Kier molecular flexibility index (Phi) is 7.24. The first-order valence-electron chi connectivity index (χ1n) is 10.8. The van der Waals surface area contributed by atoms with Crippen LogP contribution in [0.5, 0.6) is 6.01 Å². The highest BCUT2D eigenvalue weighted by Gasteiger charge is 2.16. The summed E-state index contributed by atoms with van der Waals surface area (Å²) in [5.74, 6) is 1.38. The van der Waals surface area contributed by atoms with Crippen molar-refractivity contribution < 1.29 is 9.47 Å². The number of nitrogens with zero attached hydrogens (tertiary/aromatic N) is 5. The first-order chi connectivity index (χ1) is 15.7. The third-order valence-corrected chi connectivity index (χ3v) is 5.12. The smallest absolute Gasteiger partial charge is 0.320 e. The van der Waals surface area contributed by atoms with Gasteiger partial charge in [0.2, 0.25) is 0 Å². The monoisotopic (exact) mass is 432 g/mol. The maximum absolute atomic E-state index is 5.88. The summed E-state index contributed by atoms with van der Waals surface area (Å²) in [5, 5.41) is 4.53. The molecule has 3 aromatic rings. The van der Waals surface area contributed by atoms with Crippen molar-refractivity contribution in [3.05, 3.63) is 71.5 Å². The lowest BCUT2D eigenvalue weighted by Crippen LogP contribution is -2.36. The molecule has 1 saturated heterocycles. The largest absolute Gasteiger partial charge is 0.463 e. The SMILES string of the molecule is C/C(=N\Nc1cc(N2CCOCC2)nc(OCCc2ccccn2)n1)c1cccc(C)c1. The predicted octanol–water partition coefficient (Wildman–Crippen LogP) is 3.47. The summed E-state index contributed by atoms with van der Waals surface area (Å²) in [7, 11) is 0. The zero-order chi connectivity index (χ0) is 22.2. The second-order valence-corrected chi connectivity index (χ2v) is 7.59. The van der Waals surface area contributed by atoms with Crippen molar-refractivity contribution in [2.24, 2.45) is 5.10 Å². The second-order valence-electron chi connectivity index (χ2n) is 7.59. The average molecular weight is 433 g/mol. The molecule has 0 unspecified atom stereocenters. The zero-order valence-corrected chi connectivity index (χ0v) is 18.5. The number of nitrogens with one attached hydrogen (secondary N) is 1. The molecule has 8 nitrogen and oxygen atoms in total. The molecule has 1 aromatic carbocycles. The number of pyridine rings is 1. The predicted molar refractivity (Wildman–Crippen MR) is 126 cm³/mol. The summed E-state index contributed by atoms with van der Waals surface area (Å²) in [6.45, 7) is 7.37. The topological polar surface area (TPSA) is 84.8 Å². The van der Waals surface area contributed by atoms with Gasteiger partial charge in [-0.3, -0.25) is 10.4 Å². The van der Waals surface area contributed by atoms with Crippen LogP contribution in [0, 0.1) is 6.92 Å². The zero-order valence-electron chi connectivity index (χ0n) is 18.5. The van der Waals surface area contributed by atoms with E-state index in [0.717, 1.165) is 35.9 Å². The summed E-state index contributed by atoms with van der Waals surface area (Å²) >= 11 is 0. The summed E-state index contributed by atoms with van der Waals surface area (Å²) < 4.78 is 11.4. The highest BCUT2D eigenvalue weighted by Crippen LogP contribution is 2.21. The van der Waals surface area contributed by atoms with Crippen LogP contribution in [-0.4, -0.2) is 53.6 Å². The Morgan fingerprint density at radius 3 is 2.78 bits per heavy atom. The van der Waals surface area contributed by atoms with E-state index in [9.17, 15) is 0 Å². The van der Waals surface area contributed by atoms with Gasteiger partial charge in [0.25, 0.3) is 0 Å². The summed E-state index contributed by atoms with van der Waals surface area (Å²) in [6, 6.07) is 16.3. The molecule has 1 fully saturated rings. The fraction of sp³-hybridized carbons (Fsp3) is 0.333. The lowest BCUT2D eigenvalue weighted by Gasteiger charge is -2.28. The van der Waals surface area contributed by atoms with Crippen molar-refractivity contribution in [3.8, 4) is 6.01 Å². The molecule has 1 N–H and O–H groups in total. The van der Waals surface area contributed by atoms with Crippen molar-refractivity contribution in [1.29, 1.82) is 0 Å². The Hall–Kier alpha value is -3.52. The van der Waals surface area contributed by atoms with Crippen molar-refractivity contribution >= 4 is 17.3 Å². The minimum Gasteiger partial charge on any atom is -0.463 e. The van der Waals surface area contributed by atoms with Gasteiger partial charge in [-0.1, -0.05) is 35.9 Å². The number of ether oxygens (including phenoxy) is 2. The quantitative estimate of drug-likeness (QED) is 0.431. The van der Waals surface area contributed by atoms with Gasteiger partial charge in [0.15, 0.2) is 5.82 Å². The van der Waals surface area contributed by atoms with Gasteiger partial charge in [-0.05, 0) is 31.5 Å². The molecular weight excluding hydrogens is 404 g/mol. The second kappa shape index (κ2) is 10.7. The Morgan fingerprint density at radius 1 is 1.12 bits per heavy atom. The number of aryl methyl sites for hydroxylation is 1. The van der Waals surface area contributed by atoms with Crippen molar-refractivity contribution in [2.45, 2.75) is 20.3 Å². The van der Waals surface area contributed by atoms with E-state index in [-0.39, 0.29) is 0 Å². The summed E-state index contributed by atoms with van der Waals surface area (Å²) in [4.78, 5) is 15.6. The fourth-order valence-corrected chi connectivity index (χ4v) is 3.36. The molecule has 8 heteroatoms. The van der Waals surface area contributed by atoms with Crippen LogP contribution in [0.2, 0.25) is 0 Å². The molecule has 0 aliphatic carbocycles. The highest BCUT2D eigenvalue weighted by molar-refractivity contribution is 5.99. The van der Waals surface area contributed by atoms with E-state index in [0.29, 0.717) is 38.1 Å². The molecule has 0 amide bonds. The number of aromatic nitrogens is 3. The van der Waals surface area contributed by atoms with Crippen LogP contribution in [0.3, 0.4) is 0 Å². The number of morpholine rings is 1. The van der Waals surface area contributed by atoms with Gasteiger partial charge in [-0.2, -0.15) is 15.1 Å². The van der Waals surface area contributed by atoms with E-state index in [4.69, 9.17) is 9.47 Å². The number of anilines is 2. The Morgan fingerprint density at radius 2 is 2.00 bits per heavy atom. The molecule has 1 aliphatic rings. The third-order valence-electron chi connectivity index (χ3n) is 5.12. The highest BCUT2D eigenvalue weighted by atomic mass is 16.5. The molecule has 2 aromatic heterocycles. The Bertz CT molecular complexity index is 1050. The van der Waals surface area contributed by atoms with Gasteiger partial charge in [-0.15, -0.1) is 0 Å². The first kappa shape index (κ1) is 21.7. The lowest BCUT2D eigenvalue weighted by molar-refractivity contribution is 0.122. The summed E-state index contributed by atoms with van der Waals surface area (Å²) in [6.07, 6.45) is 2.46. The van der Waals surface area contributed by atoms with Crippen LogP contribution in [-0.2, 0) is 11.2 Å². The molecule has 0 radical (unpaired) electrons. The average Bonchev–Trinajstić information content (AvgIpc) is 2.84. The van der Waals surface area contributed by atoms with E-state index in [1.165, 1.54) is 5.56 Å². The van der Waals surface area contributed by atoms with Crippen LogP contribution in [0.15, 0.2) is 59.8 Å². The van der Waals surface area contributed by atoms with Crippen molar-refractivity contribution in [1.82, 2.24) is 15.0 Å². The molecular formula is C24H28N6O2. The molecule has 0 saturated carbocycles. The van der Waals surface area contributed by atoms with Gasteiger partial charge in [0.05, 0.1) is 25.5 Å². The molecule has 3 heterocycles. The van der Waals surface area contributed by atoms with Crippen molar-refractivity contribution in [2.75, 3.05) is 43.2 Å². The molecule has 1 aliphatic heterocycles. The van der Waals surface area contributed by atoms with Gasteiger partial charge in [0, 0.05) is 37.5 Å². The molecule has 0 bridgehead atoms. The Balaban J connectivity index is 1.50. The van der Waals surface area contributed by atoms with Gasteiger partial charge in [0.1, 0.15) is 5.82 Å². The third kappa shape index (κ3) is 6.01. The van der Waals surface area contributed by atoms with E-state index < -0.39 is 0 Å². The number of benzene rings is 1. The maximum Gasteiger partial charge on any atom is 0.320 e. The normalized spacial score (nSPS) is 14.3.